The van der Waals surface area contributed by atoms with Crippen molar-refractivity contribution < 1.29 is 55.8 Å². The van der Waals surface area contributed by atoms with Gasteiger partial charge in [0.1, 0.15) is 5.75 Å². The summed E-state index contributed by atoms with van der Waals surface area (Å²) in [5.74, 6) is 1.00. The Morgan fingerprint density at radius 3 is 1.83 bits per heavy atom. The van der Waals surface area contributed by atoms with E-state index in [4.69, 9.17) is 4.74 Å². The molecule has 238 valence electrons. The van der Waals surface area contributed by atoms with Gasteiger partial charge in [-0.05, 0) is 38.6 Å². The van der Waals surface area contributed by atoms with Gasteiger partial charge in [-0.25, -0.2) is 0 Å². The maximum Gasteiger partial charge on any atom is 4.00 e. The fourth-order valence-electron chi connectivity index (χ4n) is 6.18. The number of ether oxygens (including phenoxy) is 1. The average molecular weight is 729 g/mol. The molecule has 0 bridgehead atoms. The normalized spacial score (nSPS) is 11.2. The molecule has 0 radical (unpaired) electrons. The monoisotopic (exact) mass is 726 g/mol. The van der Waals surface area contributed by atoms with E-state index in [1.807, 2.05) is 0 Å². The molecule has 0 saturated carbocycles. The third kappa shape index (κ3) is 8.07. The Morgan fingerprint density at radius 2 is 1.26 bits per heavy atom. The van der Waals surface area contributed by atoms with Crippen LogP contribution in [0.15, 0.2) is 97.1 Å². The van der Waals surface area contributed by atoms with Crippen molar-refractivity contribution in [1.82, 2.24) is 0 Å². The van der Waals surface area contributed by atoms with E-state index in [0.29, 0.717) is 0 Å². The van der Waals surface area contributed by atoms with Crippen molar-refractivity contribution in [3.05, 3.63) is 125 Å². The summed E-state index contributed by atoms with van der Waals surface area (Å²) in [5, 5.41) is 5.32. The van der Waals surface area contributed by atoms with Crippen molar-refractivity contribution in [2.45, 2.75) is 73.1 Å². The van der Waals surface area contributed by atoms with E-state index in [-0.39, 0.29) is 61.8 Å². The predicted molar refractivity (Wildman–Crippen MR) is 188 cm³/mol. The van der Waals surface area contributed by atoms with Gasteiger partial charge in [0.2, 0.25) is 0 Å². The summed E-state index contributed by atoms with van der Waals surface area (Å²) in [6.07, 6.45) is 0. The zero-order valence-corrected chi connectivity index (χ0v) is 32.9. The van der Waals surface area contributed by atoms with E-state index in [9.17, 15) is 0 Å². The number of halogens is 2. The first-order chi connectivity index (χ1) is 20.3. The van der Waals surface area contributed by atoms with Crippen molar-refractivity contribution in [2.24, 2.45) is 0 Å². The summed E-state index contributed by atoms with van der Waals surface area (Å²) in [5.41, 5.74) is 12.0. The van der Waals surface area contributed by atoms with E-state index < -0.39 is 0 Å². The van der Waals surface area contributed by atoms with Crippen LogP contribution in [0.5, 0.6) is 5.75 Å². The molecule has 0 aliphatic heterocycles. The number of hydrogen-bond acceptors (Lipinski definition) is 1. The fourth-order valence-corrected chi connectivity index (χ4v) is 6.18. The maximum absolute atomic E-state index is 5.93. The van der Waals surface area contributed by atoms with Gasteiger partial charge >= 0.3 is 26.2 Å². The zero-order valence-electron chi connectivity index (χ0n) is 28.9. The Morgan fingerprint density at radius 1 is 0.630 bits per heavy atom. The quantitative estimate of drug-likeness (QED) is 0.204. The molecule has 0 aliphatic rings. The molecular formula is C42H46Cl2OZr. The van der Waals surface area contributed by atoms with E-state index in [0.717, 1.165) is 5.75 Å². The predicted octanol–water partition coefficient (Wildman–Crippen LogP) is 5.99. The Kier molecular flexibility index (Phi) is 13.3. The van der Waals surface area contributed by atoms with Gasteiger partial charge in [-0.1, -0.05) is 129 Å². The van der Waals surface area contributed by atoms with E-state index in [1.165, 1.54) is 71.6 Å². The molecule has 0 aliphatic carbocycles. The summed E-state index contributed by atoms with van der Waals surface area (Å²) in [4.78, 5) is 0. The van der Waals surface area contributed by atoms with Crippen LogP contribution in [0.2, 0.25) is 0 Å². The van der Waals surface area contributed by atoms with E-state index >= 15 is 0 Å². The molecule has 46 heavy (non-hydrogen) atoms. The average Bonchev–Trinajstić information content (AvgIpc) is 3.49. The molecule has 1 nitrogen and oxygen atoms in total. The van der Waals surface area contributed by atoms with Gasteiger partial charge in [0.15, 0.2) is 0 Å². The Balaban J connectivity index is 0.000000303. The summed E-state index contributed by atoms with van der Waals surface area (Å²) < 4.78 is 5.93. The molecular weight excluding hydrogens is 683 g/mol. The molecule has 0 heterocycles. The van der Waals surface area contributed by atoms with Crippen molar-refractivity contribution in [2.75, 3.05) is 7.11 Å². The summed E-state index contributed by atoms with van der Waals surface area (Å²) in [6.45, 7) is 20.0. The molecule has 6 aromatic rings. The zero-order chi connectivity index (χ0) is 31.1. The van der Waals surface area contributed by atoms with E-state index in [2.05, 4.69) is 159 Å². The van der Waals surface area contributed by atoms with Crippen molar-refractivity contribution >= 4 is 21.5 Å². The Bertz CT molecular complexity index is 1880. The van der Waals surface area contributed by atoms with Crippen LogP contribution >= 0.6 is 0 Å². The molecule has 0 amide bonds. The number of fused-ring (bicyclic) bond motifs is 2. The van der Waals surface area contributed by atoms with Crippen LogP contribution in [0.3, 0.4) is 0 Å². The summed E-state index contributed by atoms with van der Waals surface area (Å²) in [7, 11) is 1.79. The Labute approximate surface area is 308 Å². The van der Waals surface area contributed by atoms with Gasteiger partial charge in [0, 0.05) is 0 Å². The van der Waals surface area contributed by atoms with Crippen LogP contribution in [-0.2, 0) is 37.0 Å². The van der Waals surface area contributed by atoms with Gasteiger partial charge in [0.05, 0.1) is 7.11 Å². The van der Waals surface area contributed by atoms with Crippen LogP contribution in [-0.4, -0.2) is 7.11 Å². The molecule has 0 aromatic heterocycles. The molecule has 0 spiro atoms. The van der Waals surface area contributed by atoms with Gasteiger partial charge in [-0.15, -0.1) is 63.0 Å². The SMILES string of the molecule is COc1c(C(C)(C)C)cc2[cH-]c(C)c(C)c2c1-c1ccccc1.Cc1cc2c(-c3ccc(C(C)(C)C)cc3)cccc2[cH-]1.[Cl-].[Cl-].[Zr+4]. The van der Waals surface area contributed by atoms with Gasteiger partial charge < -0.3 is 29.6 Å². The first kappa shape index (κ1) is 39.5. The first-order valence-electron chi connectivity index (χ1n) is 15.4. The van der Waals surface area contributed by atoms with Crippen molar-refractivity contribution in [3.63, 3.8) is 0 Å². The third-order valence-corrected chi connectivity index (χ3v) is 8.68. The summed E-state index contributed by atoms with van der Waals surface area (Å²) >= 11 is 0. The van der Waals surface area contributed by atoms with Crippen molar-refractivity contribution in [3.8, 4) is 28.0 Å². The first-order valence-corrected chi connectivity index (χ1v) is 15.4. The largest absolute Gasteiger partial charge is 4.00 e. The fraction of sp³-hybridized carbons (Fsp3) is 0.286. The molecule has 0 atom stereocenters. The second kappa shape index (κ2) is 15.5. The van der Waals surface area contributed by atoms with Crippen LogP contribution in [0, 0.1) is 20.8 Å². The minimum Gasteiger partial charge on any atom is -1.00 e. The van der Waals surface area contributed by atoms with Gasteiger partial charge in [0.25, 0.3) is 0 Å². The van der Waals surface area contributed by atoms with Crippen LogP contribution in [0.4, 0.5) is 0 Å². The van der Waals surface area contributed by atoms with Crippen molar-refractivity contribution in [1.29, 1.82) is 0 Å². The number of aryl methyl sites for hydroxylation is 3. The van der Waals surface area contributed by atoms with Crippen LogP contribution in [0.1, 0.15) is 69.4 Å². The van der Waals surface area contributed by atoms with Gasteiger partial charge in [-0.3, -0.25) is 0 Å². The smallest absolute Gasteiger partial charge is 1.00 e. The second-order valence-corrected chi connectivity index (χ2v) is 14.0. The molecule has 0 unspecified atom stereocenters. The van der Waals surface area contributed by atoms with Crippen LogP contribution in [0.25, 0.3) is 43.8 Å². The molecule has 0 fully saturated rings. The number of rotatable bonds is 3. The number of methoxy groups -OCH3 is 1. The molecule has 4 heteroatoms. The number of benzene rings is 4. The molecule has 6 aromatic carbocycles. The minimum atomic E-state index is 0. The molecule has 6 rings (SSSR count). The van der Waals surface area contributed by atoms with Crippen LogP contribution < -0.4 is 29.6 Å². The Hall–Kier alpha value is -2.64. The third-order valence-electron chi connectivity index (χ3n) is 8.68. The minimum absolute atomic E-state index is 0. The molecule has 0 N–H and O–H groups in total. The number of hydrogen-bond donors (Lipinski definition) is 0. The topological polar surface area (TPSA) is 9.23 Å². The second-order valence-electron chi connectivity index (χ2n) is 14.0. The van der Waals surface area contributed by atoms with E-state index in [1.54, 1.807) is 7.11 Å². The summed E-state index contributed by atoms with van der Waals surface area (Å²) in [6, 6.07) is 35.3. The maximum atomic E-state index is 5.93. The van der Waals surface area contributed by atoms with Gasteiger partial charge in [-0.2, -0.15) is 11.6 Å². The standard InChI is InChI=1S/C22H25O.C20H21.2ClH.Zr/c1-14-12-17-13-18(22(3,4)5)21(23-6)20(19(17)15(14)2)16-10-8-7-9-11-16;1-14-12-16-6-5-7-18(19(16)13-14)15-8-10-17(11-9-15)20(2,3)4;;;/h7-13H,1-6H3;5-13H,1-4H3;2*1H;/q2*-1;;;+4/p-2. The molecule has 0 saturated heterocycles.